The van der Waals surface area contributed by atoms with Gasteiger partial charge in [-0.25, -0.2) is 8.42 Å². The van der Waals surface area contributed by atoms with Crippen molar-refractivity contribution in [3.8, 4) is 5.75 Å². The average Bonchev–Trinajstić information content (AvgIpc) is 2.93. The van der Waals surface area contributed by atoms with Crippen LogP contribution in [0.2, 0.25) is 10.0 Å². The first-order chi connectivity index (χ1) is 20.2. The van der Waals surface area contributed by atoms with E-state index in [-0.39, 0.29) is 44.2 Å². The van der Waals surface area contributed by atoms with Crippen LogP contribution in [-0.2, 0) is 32.6 Å². The van der Waals surface area contributed by atoms with Crippen molar-refractivity contribution in [2.75, 3.05) is 24.2 Å². The molecule has 43 heavy (non-hydrogen) atoms. The highest BCUT2D eigenvalue weighted by Crippen LogP contribution is 2.31. The van der Waals surface area contributed by atoms with Gasteiger partial charge in [0.25, 0.3) is 0 Å². The fourth-order valence-corrected chi connectivity index (χ4v) is 6.16. The number of hydrogen-bond donors (Lipinski definition) is 1. The second kappa shape index (κ2) is 14.9. The lowest BCUT2D eigenvalue weighted by Crippen LogP contribution is -2.54. The maximum absolute atomic E-state index is 14.0. The average molecular weight is 649 g/mol. The van der Waals surface area contributed by atoms with E-state index in [1.807, 2.05) is 51.1 Å². The van der Waals surface area contributed by atoms with Crippen molar-refractivity contribution in [1.29, 1.82) is 0 Å². The van der Waals surface area contributed by atoms with Crippen molar-refractivity contribution in [2.45, 2.75) is 58.2 Å². The molecule has 0 aromatic heterocycles. The van der Waals surface area contributed by atoms with Crippen LogP contribution in [0.3, 0.4) is 0 Å². The zero-order valence-corrected chi connectivity index (χ0v) is 27.5. The number of amides is 2. The molecule has 1 N–H and O–H groups in total. The maximum atomic E-state index is 14.0. The van der Waals surface area contributed by atoms with Crippen molar-refractivity contribution in [3.63, 3.8) is 0 Å². The molecule has 0 unspecified atom stereocenters. The Hall–Kier alpha value is -3.27. The molecule has 1 atom stereocenters. The Labute approximate surface area is 265 Å². The van der Waals surface area contributed by atoms with Crippen LogP contribution < -0.4 is 14.4 Å². The van der Waals surface area contributed by atoms with E-state index in [2.05, 4.69) is 5.32 Å². The molecular weight excluding hydrogens is 609 g/mol. The molecule has 0 aliphatic heterocycles. The van der Waals surface area contributed by atoms with Gasteiger partial charge < -0.3 is 15.0 Å². The molecule has 0 bridgehead atoms. The second-order valence-electron chi connectivity index (χ2n) is 11.3. The fraction of sp³-hybridized carbons (Fsp3) is 0.375. The van der Waals surface area contributed by atoms with Gasteiger partial charge in [0.2, 0.25) is 21.8 Å². The summed E-state index contributed by atoms with van der Waals surface area (Å²) in [6.45, 7) is 5.65. The van der Waals surface area contributed by atoms with Crippen LogP contribution in [0.5, 0.6) is 5.75 Å². The van der Waals surface area contributed by atoms with Gasteiger partial charge in [0.15, 0.2) is 0 Å². The summed E-state index contributed by atoms with van der Waals surface area (Å²) in [6.07, 6.45) is 1.53. The summed E-state index contributed by atoms with van der Waals surface area (Å²) in [4.78, 5) is 29.3. The molecule has 0 spiro atoms. The minimum absolute atomic E-state index is 0.00526. The minimum atomic E-state index is -3.69. The summed E-state index contributed by atoms with van der Waals surface area (Å²) in [5.74, 6) is -0.259. The van der Waals surface area contributed by atoms with E-state index in [1.165, 1.54) is 16.3 Å². The predicted molar refractivity (Wildman–Crippen MR) is 173 cm³/mol. The van der Waals surface area contributed by atoms with Crippen molar-refractivity contribution in [3.05, 3.63) is 94.0 Å². The van der Waals surface area contributed by atoms with Gasteiger partial charge in [0, 0.05) is 47.1 Å². The SMILES string of the molecule is COc1ccccc1N(CCCC(=O)N(Cc1c(Cl)cccc1Cl)[C@H](Cc1ccccc1)C(=O)NC(C)(C)C)S(C)(=O)=O. The first-order valence-corrected chi connectivity index (χ1v) is 16.5. The van der Waals surface area contributed by atoms with Crippen LogP contribution in [-0.4, -0.2) is 56.6 Å². The molecule has 232 valence electrons. The fourth-order valence-electron chi connectivity index (χ4n) is 4.68. The second-order valence-corrected chi connectivity index (χ2v) is 14.0. The summed E-state index contributed by atoms with van der Waals surface area (Å²) in [6, 6.07) is 20.4. The molecule has 0 aliphatic carbocycles. The topological polar surface area (TPSA) is 96.0 Å². The first-order valence-electron chi connectivity index (χ1n) is 13.9. The Morgan fingerprint density at radius 3 is 2.12 bits per heavy atom. The number of sulfonamides is 1. The van der Waals surface area contributed by atoms with Gasteiger partial charge in [-0.05, 0) is 57.0 Å². The summed E-state index contributed by atoms with van der Waals surface area (Å²) in [5, 5.41) is 3.77. The zero-order chi connectivity index (χ0) is 31.8. The number of anilines is 1. The molecule has 0 heterocycles. The third-order valence-corrected chi connectivity index (χ3v) is 8.55. The molecule has 0 fully saturated rings. The van der Waals surface area contributed by atoms with Gasteiger partial charge in [-0.15, -0.1) is 0 Å². The Kier molecular flexibility index (Phi) is 11.9. The largest absolute Gasteiger partial charge is 0.495 e. The number of nitrogens with one attached hydrogen (secondary N) is 1. The van der Waals surface area contributed by atoms with Crippen LogP contribution >= 0.6 is 23.2 Å². The van der Waals surface area contributed by atoms with Gasteiger partial charge in [-0.3, -0.25) is 13.9 Å². The number of rotatable bonds is 13. The van der Waals surface area contributed by atoms with E-state index in [0.717, 1.165) is 11.8 Å². The molecule has 0 aliphatic rings. The number of hydrogen-bond acceptors (Lipinski definition) is 5. The lowest BCUT2D eigenvalue weighted by molar-refractivity contribution is -0.142. The number of carbonyl (C=O) groups is 2. The molecule has 0 saturated heterocycles. The van der Waals surface area contributed by atoms with Gasteiger partial charge >= 0.3 is 0 Å². The van der Waals surface area contributed by atoms with Gasteiger partial charge in [-0.1, -0.05) is 71.7 Å². The number of halogens is 2. The highest BCUT2D eigenvalue weighted by molar-refractivity contribution is 7.92. The molecule has 2 amide bonds. The lowest BCUT2D eigenvalue weighted by atomic mass is 10.00. The highest BCUT2D eigenvalue weighted by Gasteiger charge is 2.33. The van der Waals surface area contributed by atoms with Crippen molar-refractivity contribution in [2.24, 2.45) is 0 Å². The van der Waals surface area contributed by atoms with Crippen LogP contribution in [0, 0.1) is 0 Å². The monoisotopic (exact) mass is 647 g/mol. The van der Waals surface area contributed by atoms with Crippen molar-refractivity contribution >= 4 is 50.7 Å². The lowest BCUT2D eigenvalue weighted by Gasteiger charge is -2.34. The predicted octanol–water partition coefficient (Wildman–Crippen LogP) is 6.10. The van der Waals surface area contributed by atoms with Crippen molar-refractivity contribution in [1.82, 2.24) is 10.2 Å². The smallest absolute Gasteiger partial charge is 0.243 e. The molecule has 11 heteroatoms. The zero-order valence-electron chi connectivity index (χ0n) is 25.1. The highest BCUT2D eigenvalue weighted by atomic mass is 35.5. The van der Waals surface area contributed by atoms with E-state index < -0.39 is 21.6 Å². The molecule has 3 aromatic rings. The summed E-state index contributed by atoms with van der Waals surface area (Å²) in [7, 11) is -2.22. The van der Waals surface area contributed by atoms with Crippen LogP contribution in [0.15, 0.2) is 72.8 Å². The maximum Gasteiger partial charge on any atom is 0.243 e. The van der Waals surface area contributed by atoms with Crippen LogP contribution in [0.1, 0.15) is 44.7 Å². The van der Waals surface area contributed by atoms with E-state index in [0.29, 0.717) is 27.0 Å². The van der Waals surface area contributed by atoms with Gasteiger partial charge in [0.1, 0.15) is 11.8 Å². The third kappa shape index (κ3) is 9.88. The normalized spacial score (nSPS) is 12.3. The number of nitrogens with zero attached hydrogens (tertiary/aromatic N) is 2. The standard InChI is InChI=1S/C32H39Cl2N3O5S/c1-32(2,3)35-31(39)28(21-23-13-7-6-8-14-23)36(22-24-25(33)15-11-16-26(24)34)30(38)19-12-20-37(43(5,40)41)27-17-9-10-18-29(27)42-4/h6-11,13-18,28H,12,19-22H2,1-5H3,(H,35,39)/t28-/m1/s1. The Morgan fingerprint density at radius 2 is 1.53 bits per heavy atom. The third-order valence-electron chi connectivity index (χ3n) is 6.67. The summed E-state index contributed by atoms with van der Waals surface area (Å²) >= 11 is 13.0. The molecular formula is C32H39Cl2N3O5S. The molecule has 3 aromatic carbocycles. The first kappa shape index (κ1) is 34.2. The quantitative estimate of drug-likeness (QED) is 0.242. The molecule has 3 rings (SSSR count). The van der Waals surface area contributed by atoms with E-state index in [1.54, 1.807) is 42.5 Å². The number of ether oxygens (including phenoxy) is 1. The van der Waals surface area contributed by atoms with Gasteiger partial charge in [0.05, 0.1) is 19.1 Å². The molecule has 8 nitrogen and oxygen atoms in total. The number of methoxy groups -OCH3 is 1. The van der Waals surface area contributed by atoms with E-state index in [4.69, 9.17) is 27.9 Å². The summed E-state index contributed by atoms with van der Waals surface area (Å²) < 4.78 is 32.1. The van der Waals surface area contributed by atoms with E-state index in [9.17, 15) is 18.0 Å². The van der Waals surface area contributed by atoms with Crippen LogP contribution in [0.25, 0.3) is 0 Å². The number of benzene rings is 3. The summed E-state index contributed by atoms with van der Waals surface area (Å²) in [5.41, 5.74) is 1.23. The van der Waals surface area contributed by atoms with Gasteiger partial charge in [-0.2, -0.15) is 0 Å². The molecule has 0 radical (unpaired) electrons. The Morgan fingerprint density at radius 1 is 0.930 bits per heavy atom. The minimum Gasteiger partial charge on any atom is -0.495 e. The Balaban J connectivity index is 1.96. The van der Waals surface area contributed by atoms with E-state index >= 15 is 0 Å². The Bertz CT molecular complexity index is 1490. The number of carbonyl (C=O) groups excluding carboxylic acids is 2. The van der Waals surface area contributed by atoms with Crippen molar-refractivity contribution < 1.29 is 22.7 Å². The number of para-hydroxylation sites is 2. The van der Waals surface area contributed by atoms with Crippen LogP contribution in [0.4, 0.5) is 5.69 Å². The molecule has 0 saturated carbocycles.